The molecular formula is C15H11BrN4O3S. The number of nitrogens with one attached hydrogen (secondary N) is 2. The third-order valence-corrected chi connectivity index (χ3v) is 4.13. The van der Waals surface area contributed by atoms with Crippen molar-refractivity contribution in [2.24, 2.45) is 0 Å². The van der Waals surface area contributed by atoms with Crippen molar-refractivity contribution in [3.63, 3.8) is 0 Å². The third-order valence-electron chi connectivity index (χ3n) is 2.85. The van der Waals surface area contributed by atoms with Crippen LogP contribution in [0.25, 0.3) is 0 Å². The summed E-state index contributed by atoms with van der Waals surface area (Å²) in [4.78, 5) is 32.1. The molecule has 9 heteroatoms. The summed E-state index contributed by atoms with van der Waals surface area (Å²) in [5.74, 6) is 0.0408. The van der Waals surface area contributed by atoms with Gasteiger partial charge < -0.3 is 9.73 Å². The highest BCUT2D eigenvalue weighted by Gasteiger charge is 2.13. The van der Waals surface area contributed by atoms with Gasteiger partial charge in [-0.3, -0.25) is 14.9 Å². The number of thiazole rings is 1. The minimum atomic E-state index is -0.385. The topological polar surface area (TPSA) is 97.1 Å². The van der Waals surface area contributed by atoms with Crippen LogP contribution in [0.5, 0.6) is 0 Å². The Hall–Kier alpha value is -2.52. The molecule has 3 rings (SSSR count). The summed E-state index contributed by atoms with van der Waals surface area (Å²) < 4.78 is 5.83. The number of rotatable bonds is 5. The summed E-state index contributed by atoms with van der Waals surface area (Å²) in [5, 5.41) is 7.42. The van der Waals surface area contributed by atoms with E-state index in [1.54, 1.807) is 35.8 Å². The summed E-state index contributed by atoms with van der Waals surface area (Å²) in [6.45, 7) is 0. The van der Waals surface area contributed by atoms with Gasteiger partial charge in [-0.2, -0.15) is 0 Å². The molecule has 2 amide bonds. The van der Waals surface area contributed by atoms with Gasteiger partial charge in [-0.25, -0.2) is 9.97 Å². The van der Waals surface area contributed by atoms with Gasteiger partial charge in [-0.05, 0) is 40.2 Å². The number of hydrogen-bond donors (Lipinski definition) is 2. The van der Waals surface area contributed by atoms with E-state index in [0.717, 1.165) is 4.47 Å². The largest absolute Gasteiger partial charge is 0.459 e. The Bertz CT molecular complexity index is 846. The van der Waals surface area contributed by atoms with Gasteiger partial charge in [0.2, 0.25) is 5.91 Å². The van der Waals surface area contributed by atoms with Crippen molar-refractivity contribution in [1.82, 2.24) is 9.97 Å². The molecule has 0 bridgehead atoms. The fourth-order valence-electron chi connectivity index (χ4n) is 1.81. The number of nitrogens with zero attached hydrogens (tertiary/aromatic N) is 2. The van der Waals surface area contributed by atoms with Crippen molar-refractivity contribution in [2.45, 2.75) is 6.42 Å². The normalized spacial score (nSPS) is 10.4. The van der Waals surface area contributed by atoms with E-state index in [2.05, 4.69) is 36.5 Å². The van der Waals surface area contributed by atoms with Gasteiger partial charge in [-0.1, -0.05) is 0 Å². The van der Waals surface area contributed by atoms with Gasteiger partial charge in [0, 0.05) is 16.0 Å². The Morgan fingerprint density at radius 2 is 2.12 bits per heavy atom. The van der Waals surface area contributed by atoms with Crippen LogP contribution in [0.15, 0.2) is 51.0 Å². The Morgan fingerprint density at radius 1 is 1.25 bits per heavy atom. The standard InChI is InChI=1S/C15H11BrN4O3S/c16-9-3-4-12(17-7-9)19-13(21)6-10-8-24-15(18-10)20-14(22)11-2-1-5-23-11/h1-5,7-8H,6H2,(H,17,19,21)(H,18,20,22). The zero-order chi connectivity index (χ0) is 16.9. The van der Waals surface area contributed by atoms with Gasteiger partial charge in [0.15, 0.2) is 10.9 Å². The molecule has 2 N–H and O–H groups in total. The van der Waals surface area contributed by atoms with Crippen molar-refractivity contribution in [3.8, 4) is 0 Å². The van der Waals surface area contributed by atoms with E-state index in [0.29, 0.717) is 16.6 Å². The monoisotopic (exact) mass is 406 g/mol. The molecule has 0 fully saturated rings. The zero-order valence-corrected chi connectivity index (χ0v) is 14.6. The number of pyridine rings is 1. The molecule has 0 aliphatic carbocycles. The van der Waals surface area contributed by atoms with E-state index in [9.17, 15) is 9.59 Å². The maximum atomic E-state index is 12.0. The van der Waals surface area contributed by atoms with Gasteiger partial charge in [0.05, 0.1) is 18.4 Å². The summed E-state index contributed by atoms with van der Waals surface area (Å²) >= 11 is 4.52. The molecule has 0 spiro atoms. The Labute approximate surface area is 149 Å². The maximum absolute atomic E-state index is 12.0. The SMILES string of the molecule is O=C(Cc1csc(NC(=O)c2ccco2)n1)Nc1ccc(Br)cn1. The van der Waals surface area contributed by atoms with E-state index in [1.165, 1.54) is 17.6 Å². The average Bonchev–Trinajstić information content (AvgIpc) is 3.21. The van der Waals surface area contributed by atoms with Crippen molar-refractivity contribution < 1.29 is 14.0 Å². The average molecular weight is 407 g/mol. The minimum absolute atomic E-state index is 0.0882. The van der Waals surface area contributed by atoms with Crippen molar-refractivity contribution in [3.05, 3.63) is 58.0 Å². The van der Waals surface area contributed by atoms with Crippen LogP contribution >= 0.6 is 27.3 Å². The molecule has 3 aromatic heterocycles. The predicted octanol–water partition coefficient (Wildman–Crippen LogP) is 3.33. The summed E-state index contributed by atoms with van der Waals surface area (Å²) in [5.41, 5.74) is 0.560. The van der Waals surface area contributed by atoms with Crippen LogP contribution in [0.4, 0.5) is 10.9 Å². The second kappa shape index (κ2) is 7.37. The van der Waals surface area contributed by atoms with E-state index in [1.807, 2.05) is 0 Å². The molecule has 0 atom stereocenters. The van der Waals surface area contributed by atoms with Crippen LogP contribution in [-0.2, 0) is 11.2 Å². The van der Waals surface area contributed by atoms with Gasteiger partial charge >= 0.3 is 0 Å². The second-order valence-electron chi connectivity index (χ2n) is 4.66. The maximum Gasteiger partial charge on any atom is 0.293 e. The number of anilines is 2. The van der Waals surface area contributed by atoms with E-state index in [4.69, 9.17) is 4.42 Å². The van der Waals surface area contributed by atoms with Gasteiger partial charge in [-0.15, -0.1) is 11.3 Å². The first kappa shape index (κ1) is 16.3. The third kappa shape index (κ3) is 4.27. The summed E-state index contributed by atoms with van der Waals surface area (Å²) in [6.07, 6.45) is 3.11. The number of hydrogen-bond acceptors (Lipinski definition) is 6. The first-order chi connectivity index (χ1) is 11.6. The molecular weight excluding hydrogens is 396 g/mol. The molecule has 3 aromatic rings. The first-order valence-electron chi connectivity index (χ1n) is 6.81. The van der Waals surface area contributed by atoms with Crippen molar-refractivity contribution in [2.75, 3.05) is 10.6 Å². The fourth-order valence-corrected chi connectivity index (χ4v) is 2.75. The molecule has 3 heterocycles. The van der Waals surface area contributed by atoms with Gasteiger partial charge in [0.1, 0.15) is 5.82 Å². The second-order valence-corrected chi connectivity index (χ2v) is 6.44. The number of carbonyl (C=O) groups is 2. The molecule has 0 aromatic carbocycles. The van der Waals surface area contributed by atoms with E-state index < -0.39 is 0 Å². The van der Waals surface area contributed by atoms with Crippen molar-refractivity contribution in [1.29, 1.82) is 0 Å². The van der Waals surface area contributed by atoms with Crippen molar-refractivity contribution >= 4 is 50.0 Å². The lowest BCUT2D eigenvalue weighted by Crippen LogP contribution is -2.15. The smallest absolute Gasteiger partial charge is 0.293 e. The molecule has 0 aliphatic heterocycles. The minimum Gasteiger partial charge on any atom is -0.459 e. The van der Waals surface area contributed by atoms with Crippen LogP contribution < -0.4 is 10.6 Å². The number of halogens is 1. The molecule has 0 saturated heterocycles. The number of aromatic nitrogens is 2. The Kier molecular flexibility index (Phi) is 5.02. The Morgan fingerprint density at radius 3 is 2.83 bits per heavy atom. The molecule has 7 nitrogen and oxygen atoms in total. The number of carbonyl (C=O) groups excluding carboxylic acids is 2. The molecule has 0 unspecified atom stereocenters. The quantitative estimate of drug-likeness (QED) is 0.676. The lowest BCUT2D eigenvalue weighted by Gasteiger charge is -2.02. The number of furan rings is 1. The lowest BCUT2D eigenvalue weighted by molar-refractivity contribution is -0.115. The Balaban J connectivity index is 1.56. The van der Waals surface area contributed by atoms with Crippen LogP contribution in [0.3, 0.4) is 0 Å². The van der Waals surface area contributed by atoms with Crippen LogP contribution in [0, 0.1) is 0 Å². The van der Waals surface area contributed by atoms with E-state index in [-0.39, 0.29) is 24.0 Å². The predicted molar refractivity (Wildman–Crippen MR) is 93.0 cm³/mol. The lowest BCUT2D eigenvalue weighted by atomic mass is 10.3. The molecule has 0 radical (unpaired) electrons. The number of amides is 2. The summed E-state index contributed by atoms with van der Waals surface area (Å²) in [6, 6.07) is 6.66. The highest BCUT2D eigenvalue weighted by molar-refractivity contribution is 9.10. The highest BCUT2D eigenvalue weighted by atomic mass is 79.9. The first-order valence-corrected chi connectivity index (χ1v) is 8.48. The van der Waals surface area contributed by atoms with E-state index >= 15 is 0 Å². The highest BCUT2D eigenvalue weighted by Crippen LogP contribution is 2.17. The summed E-state index contributed by atoms with van der Waals surface area (Å²) in [7, 11) is 0. The molecule has 24 heavy (non-hydrogen) atoms. The fraction of sp³-hybridized carbons (Fsp3) is 0.0667. The van der Waals surface area contributed by atoms with Crippen LogP contribution in [0.1, 0.15) is 16.2 Å². The molecule has 122 valence electrons. The van der Waals surface area contributed by atoms with Crippen LogP contribution in [0.2, 0.25) is 0 Å². The molecule has 0 aliphatic rings. The zero-order valence-electron chi connectivity index (χ0n) is 12.2. The van der Waals surface area contributed by atoms with Crippen LogP contribution in [-0.4, -0.2) is 21.8 Å². The molecule has 0 saturated carbocycles. The van der Waals surface area contributed by atoms with Gasteiger partial charge in [0.25, 0.3) is 5.91 Å².